The van der Waals surface area contributed by atoms with Crippen molar-refractivity contribution < 1.29 is 14.3 Å². The van der Waals surface area contributed by atoms with Crippen LogP contribution < -0.4 is 10.1 Å². The predicted octanol–water partition coefficient (Wildman–Crippen LogP) is 2.40. The highest BCUT2D eigenvalue weighted by atomic mass is 16.5. The summed E-state index contributed by atoms with van der Waals surface area (Å²) in [5.41, 5.74) is 1.04. The monoisotopic (exact) mass is 292 g/mol. The summed E-state index contributed by atoms with van der Waals surface area (Å²) in [6.07, 6.45) is 2.23. The third kappa shape index (κ3) is 4.36. The quantitative estimate of drug-likeness (QED) is 0.906. The van der Waals surface area contributed by atoms with Gasteiger partial charge >= 0.3 is 6.03 Å². The lowest BCUT2D eigenvalue weighted by molar-refractivity contribution is 0.0838. The van der Waals surface area contributed by atoms with E-state index in [1.165, 1.54) is 0 Å². The van der Waals surface area contributed by atoms with Crippen LogP contribution in [0, 0.1) is 0 Å². The molecule has 2 rings (SSSR count). The average molecular weight is 292 g/mol. The molecule has 21 heavy (non-hydrogen) atoms. The van der Waals surface area contributed by atoms with Crippen LogP contribution in [0.1, 0.15) is 25.3 Å². The number of rotatable bonds is 5. The Morgan fingerprint density at radius 3 is 3.05 bits per heavy atom. The second-order valence-corrected chi connectivity index (χ2v) is 5.50. The second-order valence-electron chi connectivity index (χ2n) is 5.50. The van der Waals surface area contributed by atoms with Gasteiger partial charge in [-0.2, -0.15) is 0 Å². The molecule has 2 atom stereocenters. The zero-order chi connectivity index (χ0) is 15.2. The molecule has 1 heterocycles. The zero-order valence-electron chi connectivity index (χ0n) is 13.0. The van der Waals surface area contributed by atoms with E-state index in [0.717, 1.165) is 30.8 Å². The fraction of sp³-hybridized carbons (Fsp3) is 0.562. The molecule has 0 spiro atoms. The van der Waals surface area contributed by atoms with Crippen LogP contribution in [0.4, 0.5) is 4.79 Å². The summed E-state index contributed by atoms with van der Waals surface area (Å²) in [5, 5.41) is 3.00. The van der Waals surface area contributed by atoms with Gasteiger partial charge in [0.15, 0.2) is 0 Å². The van der Waals surface area contributed by atoms with Crippen molar-refractivity contribution in [2.24, 2.45) is 0 Å². The molecule has 2 unspecified atom stereocenters. The minimum atomic E-state index is -0.0826. The van der Waals surface area contributed by atoms with E-state index in [1.54, 1.807) is 19.1 Å². The fourth-order valence-corrected chi connectivity index (χ4v) is 2.51. The highest BCUT2D eigenvalue weighted by Crippen LogP contribution is 2.16. The molecule has 5 nitrogen and oxygen atoms in total. The summed E-state index contributed by atoms with van der Waals surface area (Å²) in [7, 11) is 3.43. The van der Waals surface area contributed by atoms with Gasteiger partial charge in [0.25, 0.3) is 0 Å². The van der Waals surface area contributed by atoms with Crippen LogP contribution in [0.25, 0.3) is 0 Å². The van der Waals surface area contributed by atoms with Crippen molar-refractivity contribution in [3.8, 4) is 5.75 Å². The molecule has 1 N–H and O–H groups in total. The van der Waals surface area contributed by atoms with Crippen LogP contribution in [-0.2, 0) is 11.3 Å². The third-order valence-corrected chi connectivity index (χ3v) is 3.77. The maximum absolute atomic E-state index is 12.2. The summed E-state index contributed by atoms with van der Waals surface area (Å²) in [5.74, 6) is 0.800. The molecule has 0 bridgehead atoms. The molecule has 1 aromatic rings. The SMILES string of the molecule is COc1cccc(CN(C)C(=O)NC(C)C2CCCO2)c1. The Morgan fingerprint density at radius 1 is 1.57 bits per heavy atom. The molecule has 0 aromatic heterocycles. The van der Waals surface area contributed by atoms with Crippen LogP contribution in [-0.4, -0.2) is 43.8 Å². The number of ether oxygens (including phenoxy) is 2. The van der Waals surface area contributed by atoms with Crippen molar-refractivity contribution in [2.75, 3.05) is 20.8 Å². The number of methoxy groups -OCH3 is 1. The molecule has 5 heteroatoms. The Kier molecular flexibility index (Phi) is 5.44. The van der Waals surface area contributed by atoms with Gasteiger partial charge in [-0.3, -0.25) is 0 Å². The van der Waals surface area contributed by atoms with Crippen LogP contribution in [0.5, 0.6) is 5.75 Å². The number of nitrogens with one attached hydrogen (secondary N) is 1. The number of hydrogen-bond acceptors (Lipinski definition) is 3. The Labute approximate surface area is 126 Å². The first-order valence-electron chi connectivity index (χ1n) is 7.36. The number of hydrogen-bond donors (Lipinski definition) is 1. The van der Waals surface area contributed by atoms with Gasteiger partial charge in [0.1, 0.15) is 5.75 Å². The Morgan fingerprint density at radius 2 is 2.38 bits per heavy atom. The smallest absolute Gasteiger partial charge is 0.317 e. The van der Waals surface area contributed by atoms with Crippen molar-refractivity contribution in [1.29, 1.82) is 0 Å². The molecular formula is C16H24N2O3. The standard InChI is InChI=1S/C16H24N2O3/c1-12(15-8-5-9-21-15)17-16(19)18(2)11-13-6-4-7-14(10-13)20-3/h4,6-7,10,12,15H,5,8-9,11H2,1-3H3,(H,17,19). The van der Waals surface area contributed by atoms with Crippen LogP contribution >= 0.6 is 0 Å². The number of amides is 2. The van der Waals surface area contributed by atoms with E-state index in [1.807, 2.05) is 31.2 Å². The second kappa shape index (κ2) is 7.31. The number of carbonyl (C=O) groups excluding carboxylic acids is 1. The van der Waals surface area contributed by atoms with Crippen LogP contribution in [0.2, 0.25) is 0 Å². The van der Waals surface area contributed by atoms with E-state index in [4.69, 9.17) is 9.47 Å². The first kappa shape index (κ1) is 15.6. The molecule has 2 amide bonds. The first-order valence-corrected chi connectivity index (χ1v) is 7.36. The Hall–Kier alpha value is -1.75. The summed E-state index contributed by atoms with van der Waals surface area (Å²) in [6, 6.07) is 7.69. The summed E-state index contributed by atoms with van der Waals surface area (Å²) in [6.45, 7) is 3.33. The van der Waals surface area contributed by atoms with Crippen LogP contribution in [0.15, 0.2) is 24.3 Å². The normalized spacial score (nSPS) is 19.1. The van der Waals surface area contributed by atoms with Gasteiger partial charge < -0.3 is 19.7 Å². The molecule has 1 fully saturated rings. The van der Waals surface area contributed by atoms with Crippen molar-refractivity contribution in [3.05, 3.63) is 29.8 Å². The highest BCUT2D eigenvalue weighted by Gasteiger charge is 2.24. The number of urea groups is 1. The lowest BCUT2D eigenvalue weighted by Gasteiger charge is -2.24. The Balaban J connectivity index is 1.86. The van der Waals surface area contributed by atoms with Crippen molar-refractivity contribution in [1.82, 2.24) is 10.2 Å². The van der Waals surface area contributed by atoms with E-state index in [0.29, 0.717) is 6.54 Å². The third-order valence-electron chi connectivity index (χ3n) is 3.77. The van der Waals surface area contributed by atoms with E-state index in [9.17, 15) is 4.79 Å². The molecule has 1 aliphatic heterocycles. The minimum absolute atomic E-state index is 0.0350. The molecule has 116 valence electrons. The molecule has 0 radical (unpaired) electrons. The number of carbonyl (C=O) groups is 1. The molecule has 1 aromatic carbocycles. The van der Waals surface area contributed by atoms with Gasteiger partial charge in [0.2, 0.25) is 0 Å². The zero-order valence-corrected chi connectivity index (χ0v) is 13.0. The van der Waals surface area contributed by atoms with E-state index in [-0.39, 0.29) is 18.2 Å². The largest absolute Gasteiger partial charge is 0.497 e. The lowest BCUT2D eigenvalue weighted by atomic mass is 10.1. The summed E-state index contributed by atoms with van der Waals surface area (Å²) in [4.78, 5) is 13.9. The molecule has 0 aliphatic carbocycles. The highest BCUT2D eigenvalue weighted by molar-refractivity contribution is 5.74. The van der Waals surface area contributed by atoms with Gasteiger partial charge in [-0.1, -0.05) is 12.1 Å². The maximum atomic E-state index is 12.2. The van der Waals surface area contributed by atoms with Gasteiger partial charge in [0.05, 0.1) is 19.3 Å². The topological polar surface area (TPSA) is 50.8 Å². The van der Waals surface area contributed by atoms with Crippen molar-refractivity contribution in [2.45, 2.75) is 38.5 Å². The predicted molar refractivity (Wildman–Crippen MR) is 81.4 cm³/mol. The Bertz CT molecular complexity index is 472. The van der Waals surface area contributed by atoms with Gasteiger partial charge in [-0.25, -0.2) is 4.79 Å². The molecule has 1 aliphatic rings. The number of nitrogens with zero attached hydrogens (tertiary/aromatic N) is 1. The van der Waals surface area contributed by atoms with E-state index < -0.39 is 0 Å². The van der Waals surface area contributed by atoms with Crippen molar-refractivity contribution in [3.63, 3.8) is 0 Å². The number of benzene rings is 1. The summed E-state index contributed by atoms with van der Waals surface area (Å²) >= 11 is 0. The summed E-state index contributed by atoms with van der Waals surface area (Å²) < 4.78 is 10.8. The maximum Gasteiger partial charge on any atom is 0.317 e. The molecule has 0 saturated carbocycles. The van der Waals surface area contributed by atoms with E-state index in [2.05, 4.69) is 5.32 Å². The molecular weight excluding hydrogens is 268 g/mol. The van der Waals surface area contributed by atoms with Crippen LogP contribution in [0.3, 0.4) is 0 Å². The van der Waals surface area contributed by atoms with Crippen molar-refractivity contribution >= 4 is 6.03 Å². The first-order chi connectivity index (χ1) is 10.1. The van der Waals surface area contributed by atoms with Gasteiger partial charge in [0, 0.05) is 20.2 Å². The minimum Gasteiger partial charge on any atom is -0.497 e. The average Bonchev–Trinajstić information content (AvgIpc) is 3.01. The van der Waals surface area contributed by atoms with E-state index >= 15 is 0 Å². The van der Waals surface area contributed by atoms with Gasteiger partial charge in [-0.05, 0) is 37.5 Å². The lowest BCUT2D eigenvalue weighted by Crippen LogP contribution is -2.46. The fourth-order valence-electron chi connectivity index (χ4n) is 2.51. The molecule has 1 saturated heterocycles. The van der Waals surface area contributed by atoms with Gasteiger partial charge in [-0.15, -0.1) is 0 Å².